The first-order valence-corrected chi connectivity index (χ1v) is 8.48. The predicted octanol–water partition coefficient (Wildman–Crippen LogP) is 2.77. The second-order valence-corrected chi connectivity index (χ2v) is 6.16. The first-order valence-electron chi connectivity index (χ1n) is 8.48. The van der Waals surface area contributed by atoms with Crippen LogP contribution >= 0.6 is 0 Å². The average Bonchev–Trinajstić information content (AvgIpc) is 2.68. The number of fused-ring (bicyclic) bond motifs is 1. The van der Waals surface area contributed by atoms with E-state index >= 15 is 0 Å². The zero-order chi connectivity index (χ0) is 18.8. The van der Waals surface area contributed by atoms with Crippen LogP contribution in [0.15, 0.2) is 53.3 Å². The summed E-state index contributed by atoms with van der Waals surface area (Å²) in [4.78, 5) is 30.9. The number of ether oxygens (including phenoxy) is 2. The maximum absolute atomic E-state index is 12.6. The summed E-state index contributed by atoms with van der Waals surface area (Å²) < 4.78 is 11.0. The summed E-state index contributed by atoms with van der Waals surface area (Å²) >= 11 is 0. The molecule has 2 aromatic carbocycles. The summed E-state index contributed by atoms with van der Waals surface area (Å²) in [6.45, 7) is 2.93. The molecule has 0 fully saturated rings. The van der Waals surface area contributed by atoms with Gasteiger partial charge in [-0.2, -0.15) is 4.98 Å². The van der Waals surface area contributed by atoms with Crippen molar-refractivity contribution < 1.29 is 14.3 Å². The Hall–Kier alpha value is -3.61. The molecular weight excluding hydrogens is 346 g/mol. The first-order chi connectivity index (χ1) is 13.1. The van der Waals surface area contributed by atoms with E-state index in [1.54, 1.807) is 24.3 Å². The summed E-state index contributed by atoms with van der Waals surface area (Å²) in [5, 5.41) is 2.75. The average molecular weight is 363 g/mol. The minimum atomic E-state index is -0.583. The third kappa shape index (κ3) is 3.67. The number of benzene rings is 2. The van der Waals surface area contributed by atoms with Gasteiger partial charge in [0, 0.05) is 17.3 Å². The SMILES string of the molecule is Cc1ccc(-c2cc(C(=O)Nc3ccc4c(c3)OCCO4)[nH]c(=O)n2)cc1. The zero-order valence-corrected chi connectivity index (χ0v) is 14.6. The topological polar surface area (TPSA) is 93.3 Å². The number of aromatic amines is 1. The van der Waals surface area contributed by atoms with Crippen molar-refractivity contribution in [3.05, 3.63) is 70.3 Å². The van der Waals surface area contributed by atoms with Crippen molar-refractivity contribution in [3.8, 4) is 22.8 Å². The molecule has 0 spiro atoms. The smallest absolute Gasteiger partial charge is 0.346 e. The fourth-order valence-electron chi connectivity index (χ4n) is 2.77. The van der Waals surface area contributed by atoms with E-state index in [-0.39, 0.29) is 5.69 Å². The Morgan fingerprint density at radius 3 is 2.56 bits per heavy atom. The lowest BCUT2D eigenvalue weighted by molar-refractivity contribution is 0.102. The van der Waals surface area contributed by atoms with Gasteiger partial charge in [-0.1, -0.05) is 29.8 Å². The van der Waals surface area contributed by atoms with Crippen molar-refractivity contribution in [1.29, 1.82) is 0 Å². The lowest BCUT2D eigenvalue weighted by atomic mass is 10.1. The number of H-pyrrole nitrogens is 1. The molecule has 27 heavy (non-hydrogen) atoms. The maximum Gasteiger partial charge on any atom is 0.346 e. The molecule has 4 rings (SSSR count). The Morgan fingerprint density at radius 2 is 1.78 bits per heavy atom. The van der Waals surface area contributed by atoms with Gasteiger partial charge in [-0.15, -0.1) is 0 Å². The van der Waals surface area contributed by atoms with Crippen molar-refractivity contribution in [1.82, 2.24) is 9.97 Å². The highest BCUT2D eigenvalue weighted by Crippen LogP contribution is 2.32. The van der Waals surface area contributed by atoms with E-state index in [0.29, 0.717) is 36.1 Å². The van der Waals surface area contributed by atoms with Gasteiger partial charge in [-0.3, -0.25) is 4.79 Å². The number of anilines is 1. The van der Waals surface area contributed by atoms with E-state index in [9.17, 15) is 9.59 Å². The van der Waals surface area contributed by atoms with Crippen LogP contribution in [0.25, 0.3) is 11.3 Å². The second kappa shape index (κ2) is 6.95. The Bertz CT molecular complexity index is 1060. The molecule has 7 nitrogen and oxygen atoms in total. The van der Waals surface area contributed by atoms with Crippen LogP contribution in [0.4, 0.5) is 5.69 Å². The van der Waals surface area contributed by atoms with Crippen LogP contribution in [0.2, 0.25) is 0 Å². The predicted molar refractivity (Wildman–Crippen MR) is 100 cm³/mol. The number of carbonyl (C=O) groups is 1. The van der Waals surface area contributed by atoms with E-state index in [2.05, 4.69) is 15.3 Å². The number of hydrogen-bond donors (Lipinski definition) is 2. The highest BCUT2D eigenvalue weighted by atomic mass is 16.6. The molecule has 2 heterocycles. The molecule has 0 saturated carbocycles. The molecule has 1 aromatic heterocycles. The number of nitrogens with one attached hydrogen (secondary N) is 2. The highest BCUT2D eigenvalue weighted by molar-refractivity contribution is 6.03. The van der Waals surface area contributed by atoms with Crippen LogP contribution in [-0.2, 0) is 0 Å². The van der Waals surface area contributed by atoms with Gasteiger partial charge in [0.25, 0.3) is 5.91 Å². The maximum atomic E-state index is 12.6. The Kier molecular flexibility index (Phi) is 4.33. The third-order valence-corrected chi connectivity index (χ3v) is 4.14. The van der Waals surface area contributed by atoms with Crippen molar-refractivity contribution in [2.24, 2.45) is 0 Å². The van der Waals surface area contributed by atoms with Crippen molar-refractivity contribution in [2.45, 2.75) is 6.92 Å². The van der Waals surface area contributed by atoms with Crippen LogP contribution in [0.1, 0.15) is 16.1 Å². The third-order valence-electron chi connectivity index (χ3n) is 4.14. The quantitative estimate of drug-likeness (QED) is 0.746. The molecule has 0 saturated heterocycles. The van der Waals surface area contributed by atoms with Crippen molar-refractivity contribution >= 4 is 11.6 Å². The number of amides is 1. The van der Waals surface area contributed by atoms with Crippen LogP contribution in [-0.4, -0.2) is 29.1 Å². The van der Waals surface area contributed by atoms with Gasteiger partial charge in [0.1, 0.15) is 18.9 Å². The molecule has 0 radical (unpaired) electrons. The van der Waals surface area contributed by atoms with Crippen LogP contribution in [0.3, 0.4) is 0 Å². The Morgan fingerprint density at radius 1 is 1.04 bits per heavy atom. The fraction of sp³-hybridized carbons (Fsp3) is 0.150. The first kappa shape index (κ1) is 16.8. The molecule has 0 aliphatic carbocycles. The summed E-state index contributed by atoms with van der Waals surface area (Å²) in [7, 11) is 0. The summed E-state index contributed by atoms with van der Waals surface area (Å²) in [5.74, 6) is 0.764. The van der Waals surface area contributed by atoms with Gasteiger partial charge in [0.15, 0.2) is 11.5 Å². The molecule has 0 unspecified atom stereocenters. The largest absolute Gasteiger partial charge is 0.486 e. The number of rotatable bonds is 3. The van der Waals surface area contributed by atoms with Crippen LogP contribution in [0, 0.1) is 6.92 Å². The second-order valence-electron chi connectivity index (χ2n) is 6.16. The molecule has 0 bridgehead atoms. The van der Waals surface area contributed by atoms with Gasteiger partial charge < -0.3 is 19.8 Å². The van der Waals surface area contributed by atoms with Gasteiger partial charge in [-0.25, -0.2) is 4.79 Å². The normalized spacial score (nSPS) is 12.5. The zero-order valence-electron chi connectivity index (χ0n) is 14.6. The molecule has 7 heteroatoms. The minimum absolute atomic E-state index is 0.125. The summed E-state index contributed by atoms with van der Waals surface area (Å²) in [5.41, 5.74) is 2.38. The highest BCUT2D eigenvalue weighted by Gasteiger charge is 2.15. The van der Waals surface area contributed by atoms with E-state index in [0.717, 1.165) is 11.1 Å². The van der Waals surface area contributed by atoms with Gasteiger partial charge in [-0.05, 0) is 25.1 Å². The van der Waals surface area contributed by atoms with E-state index in [1.165, 1.54) is 0 Å². The molecule has 3 aromatic rings. The lowest BCUT2D eigenvalue weighted by Gasteiger charge is -2.19. The van der Waals surface area contributed by atoms with E-state index < -0.39 is 11.6 Å². The number of aromatic nitrogens is 2. The standard InChI is InChI=1S/C20H17N3O4/c1-12-2-4-13(5-3-12)15-11-16(23-20(25)22-15)19(24)21-14-6-7-17-18(10-14)27-9-8-26-17/h2-7,10-11H,8-9H2,1H3,(H,21,24)(H,22,23,25). The van der Waals surface area contributed by atoms with Gasteiger partial charge in [0.2, 0.25) is 0 Å². The molecule has 2 N–H and O–H groups in total. The number of nitrogens with zero attached hydrogens (tertiary/aromatic N) is 1. The van der Waals surface area contributed by atoms with Crippen molar-refractivity contribution in [2.75, 3.05) is 18.5 Å². The number of carbonyl (C=O) groups excluding carboxylic acids is 1. The van der Waals surface area contributed by atoms with Crippen LogP contribution < -0.4 is 20.5 Å². The number of hydrogen-bond acceptors (Lipinski definition) is 5. The Labute approximate surface area is 155 Å². The van der Waals surface area contributed by atoms with Gasteiger partial charge in [0.05, 0.1) is 5.69 Å². The lowest BCUT2D eigenvalue weighted by Crippen LogP contribution is -2.21. The van der Waals surface area contributed by atoms with Gasteiger partial charge >= 0.3 is 5.69 Å². The minimum Gasteiger partial charge on any atom is -0.486 e. The molecule has 1 aliphatic heterocycles. The summed E-state index contributed by atoms with van der Waals surface area (Å²) in [6, 6.07) is 14.3. The van der Waals surface area contributed by atoms with Crippen LogP contribution in [0.5, 0.6) is 11.5 Å². The molecule has 1 aliphatic rings. The fourth-order valence-corrected chi connectivity index (χ4v) is 2.77. The van der Waals surface area contributed by atoms with E-state index in [4.69, 9.17) is 9.47 Å². The Balaban J connectivity index is 1.60. The van der Waals surface area contributed by atoms with Crippen molar-refractivity contribution in [3.63, 3.8) is 0 Å². The number of aryl methyl sites for hydroxylation is 1. The molecule has 1 amide bonds. The molecule has 136 valence electrons. The summed E-state index contributed by atoms with van der Waals surface area (Å²) in [6.07, 6.45) is 0. The van der Waals surface area contributed by atoms with E-state index in [1.807, 2.05) is 31.2 Å². The molecular formula is C20H17N3O4. The monoisotopic (exact) mass is 363 g/mol. The molecule has 0 atom stereocenters.